The Kier molecular flexibility index (Phi) is 8.72. The molecule has 3 aliphatic rings. The summed E-state index contributed by atoms with van der Waals surface area (Å²) >= 11 is 11.7. The van der Waals surface area contributed by atoms with Crippen LogP contribution in [0.1, 0.15) is 45.4 Å². The molecule has 6 atom stereocenters. The maximum Gasteiger partial charge on any atom is 0.248 e. The van der Waals surface area contributed by atoms with Gasteiger partial charge in [-0.25, -0.2) is 0 Å². The highest BCUT2D eigenvalue weighted by atomic mass is 79.9. The first kappa shape index (κ1) is 26.8. The van der Waals surface area contributed by atoms with Gasteiger partial charge in [-0.2, -0.15) is 0 Å². The average molecular weight is 587 g/mol. The van der Waals surface area contributed by atoms with Crippen LogP contribution in [0.2, 0.25) is 5.02 Å². The number of halogens is 2. The monoisotopic (exact) mass is 585 g/mol. The van der Waals surface area contributed by atoms with Crippen LogP contribution < -0.4 is 10.6 Å². The van der Waals surface area contributed by atoms with Crippen molar-refractivity contribution in [2.75, 3.05) is 25.0 Å². The zero-order valence-electron chi connectivity index (χ0n) is 19.8. The van der Waals surface area contributed by atoms with Crippen molar-refractivity contribution in [1.82, 2.24) is 10.2 Å². The van der Waals surface area contributed by atoms with Gasteiger partial charge in [0.2, 0.25) is 17.7 Å². The molecule has 192 valence electrons. The van der Waals surface area contributed by atoms with Crippen molar-refractivity contribution in [3.63, 3.8) is 0 Å². The molecule has 0 radical (unpaired) electrons. The number of para-hydroxylation sites is 1. The first-order valence-electron chi connectivity index (χ1n) is 12.4. The van der Waals surface area contributed by atoms with Crippen LogP contribution in [0.15, 0.2) is 24.3 Å². The maximum atomic E-state index is 13.9. The average Bonchev–Trinajstić information content (AvgIpc) is 3.42. The number of carbonyl (C=O) groups is 3. The molecule has 3 unspecified atom stereocenters. The zero-order chi connectivity index (χ0) is 25.2. The van der Waals surface area contributed by atoms with Crippen molar-refractivity contribution >= 4 is 62.7 Å². The Morgan fingerprint density at radius 3 is 2.69 bits per heavy atom. The van der Waals surface area contributed by atoms with Crippen LogP contribution in [-0.4, -0.2) is 68.3 Å². The maximum absolute atomic E-state index is 13.9. The molecule has 1 spiro atoms. The smallest absolute Gasteiger partial charge is 0.248 e. The number of nitrogens with zero attached hydrogens (tertiary/aromatic N) is 1. The molecule has 35 heavy (non-hydrogen) atoms. The van der Waals surface area contributed by atoms with E-state index >= 15 is 0 Å². The molecule has 0 aromatic heterocycles. The Bertz CT molecular complexity index is 968. The fraction of sp³-hybridized carbons (Fsp3) is 0.640. The zero-order valence-corrected chi connectivity index (χ0v) is 23.0. The molecule has 3 heterocycles. The number of aliphatic hydroxyl groups excluding tert-OH is 1. The number of amides is 3. The molecule has 3 saturated heterocycles. The van der Waals surface area contributed by atoms with Gasteiger partial charge in [-0.1, -0.05) is 59.4 Å². The molecule has 2 bridgehead atoms. The van der Waals surface area contributed by atoms with Crippen LogP contribution in [0.4, 0.5) is 5.69 Å². The molecular formula is C25H33BrClN3O4S. The van der Waals surface area contributed by atoms with E-state index in [1.54, 1.807) is 40.9 Å². The number of carbonyl (C=O) groups excluding carboxylic acids is 3. The Labute approximate surface area is 224 Å². The summed E-state index contributed by atoms with van der Waals surface area (Å²) in [5, 5.41) is 15.4. The van der Waals surface area contributed by atoms with E-state index in [0.29, 0.717) is 30.2 Å². The van der Waals surface area contributed by atoms with Gasteiger partial charge in [0.15, 0.2) is 0 Å². The first-order chi connectivity index (χ1) is 16.9. The molecule has 0 saturated carbocycles. The summed E-state index contributed by atoms with van der Waals surface area (Å²) in [5.41, 5.74) is 0.513. The molecule has 3 fully saturated rings. The van der Waals surface area contributed by atoms with Crippen molar-refractivity contribution in [3.05, 3.63) is 29.3 Å². The van der Waals surface area contributed by atoms with Crippen LogP contribution in [0.25, 0.3) is 0 Å². The second kappa shape index (κ2) is 11.4. The highest BCUT2D eigenvalue weighted by Gasteiger charge is 2.75. The number of nitrogens with one attached hydrogen (secondary N) is 2. The van der Waals surface area contributed by atoms with Crippen molar-refractivity contribution in [3.8, 4) is 0 Å². The van der Waals surface area contributed by atoms with Crippen LogP contribution in [0.5, 0.6) is 0 Å². The Morgan fingerprint density at radius 2 is 1.97 bits per heavy atom. The molecule has 3 amide bonds. The summed E-state index contributed by atoms with van der Waals surface area (Å²) in [5.74, 6) is -1.44. The number of hydrogen-bond acceptors (Lipinski definition) is 5. The van der Waals surface area contributed by atoms with Gasteiger partial charge in [0.05, 0.1) is 27.3 Å². The summed E-state index contributed by atoms with van der Waals surface area (Å²) < 4.78 is -0.666. The lowest BCUT2D eigenvalue weighted by molar-refractivity contribution is -0.139. The molecular weight excluding hydrogens is 554 g/mol. The normalized spacial score (nSPS) is 31.0. The van der Waals surface area contributed by atoms with Crippen molar-refractivity contribution in [1.29, 1.82) is 0 Å². The van der Waals surface area contributed by atoms with Crippen molar-refractivity contribution in [2.24, 2.45) is 11.8 Å². The van der Waals surface area contributed by atoms with E-state index in [4.69, 9.17) is 16.7 Å². The molecule has 7 nitrogen and oxygen atoms in total. The standard InChI is InChI=1S/C25H33BrClN3O4S/c1-2-11-28-22(32)18-19-24(34)30(12-7-3-4-8-13-31)21(25(19)14-15(26)20(18)35-25)23(33)29-17-10-6-5-9-16(17)27/h5-6,9-10,15,18-21,31H,2-4,7-8,11-14H2,1H3,(H,28,32)(H,29,33)/t15?,18-,19+,20-,21?,25?/m1/s1. The number of anilines is 1. The second-order valence-electron chi connectivity index (χ2n) is 9.59. The number of benzene rings is 1. The van der Waals surface area contributed by atoms with Crippen molar-refractivity contribution < 1.29 is 19.5 Å². The molecule has 0 aliphatic carbocycles. The number of alkyl halides is 1. The Hall–Kier alpha value is -1.29. The van der Waals surface area contributed by atoms with Gasteiger partial charge in [0, 0.05) is 29.8 Å². The SMILES string of the molecule is CCCNC(=O)[C@H]1[C@@H]2SC3(CC2Br)C(C(=O)Nc2ccccc2Cl)N(CCCCCCO)C(=O)[C@H]13. The summed E-state index contributed by atoms with van der Waals surface area (Å²) in [7, 11) is 0. The highest BCUT2D eigenvalue weighted by molar-refractivity contribution is 9.09. The van der Waals surface area contributed by atoms with Gasteiger partial charge in [-0.15, -0.1) is 11.8 Å². The fourth-order valence-corrected chi connectivity index (χ4v) is 9.64. The van der Waals surface area contributed by atoms with Gasteiger partial charge in [-0.3, -0.25) is 14.4 Å². The molecule has 4 rings (SSSR count). The molecule has 10 heteroatoms. The van der Waals surface area contributed by atoms with E-state index in [1.807, 2.05) is 6.92 Å². The van der Waals surface area contributed by atoms with Crippen molar-refractivity contribution in [2.45, 2.75) is 66.3 Å². The predicted octanol–water partition coefficient (Wildman–Crippen LogP) is 3.82. The number of thioether (sulfide) groups is 1. The lowest BCUT2D eigenvalue weighted by Gasteiger charge is -2.35. The summed E-state index contributed by atoms with van der Waals surface area (Å²) in [4.78, 5) is 42.7. The third kappa shape index (κ3) is 4.98. The number of fused-ring (bicyclic) bond motifs is 1. The number of rotatable bonds is 11. The van der Waals surface area contributed by atoms with E-state index in [-0.39, 0.29) is 34.4 Å². The number of unbranched alkanes of at least 4 members (excludes halogenated alkanes) is 3. The lowest BCUT2D eigenvalue weighted by Crippen LogP contribution is -2.53. The predicted molar refractivity (Wildman–Crippen MR) is 143 cm³/mol. The third-order valence-corrected chi connectivity index (χ3v) is 10.9. The highest BCUT2D eigenvalue weighted by Crippen LogP contribution is 2.67. The van der Waals surface area contributed by atoms with E-state index in [9.17, 15) is 14.4 Å². The number of hydrogen-bond donors (Lipinski definition) is 3. The van der Waals surface area contributed by atoms with Crippen LogP contribution in [0, 0.1) is 11.8 Å². The summed E-state index contributed by atoms with van der Waals surface area (Å²) in [6.45, 7) is 3.16. The minimum atomic E-state index is -0.687. The fourth-order valence-electron chi connectivity index (χ4n) is 5.85. The molecule has 3 N–H and O–H groups in total. The lowest BCUT2D eigenvalue weighted by atomic mass is 9.70. The van der Waals surface area contributed by atoms with E-state index in [1.165, 1.54) is 0 Å². The second-order valence-corrected chi connectivity index (χ2v) is 12.7. The molecule has 1 aromatic carbocycles. The number of aliphatic hydroxyl groups is 1. The van der Waals surface area contributed by atoms with Crippen LogP contribution in [-0.2, 0) is 14.4 Å². The minimum Gasteiger partial charge on any atom is -0.396 e. The summed E-state index contributed by atoms with van der Waals surface area (Å²) in [6.07, 6.45) is 4.66. The van der Waals surface area contributed by atoms with E-state index < -0.39 is 22.6 Å². The third-order valence-electron chi connectivity index (χ3n) is 7.33. The summed E-state index contributed by atoms with van der Waals surface area (Å²) in [6, 6.07) is 6.38. The Balaban J connectivity index is 1.64. The first-order valence-corrected chi connectivity index (χ1v) is 14.6. The van der Waals surface area contributed by atoms with Gasteiger partial charge in [0.25, 0.3) is 0 Å². The van der Waals surface area contributed by atoms with Gasteiger partial charge in [0.1, 0.15) is 6.04 Å². The topological polar surface area (TPSA) is 98.7 Å². The van der Waals surface area contributed by atoms with E-state index in [2.05, 4.69) is 26.6 Å². The largest absolute Gasteiger partial charge is 0.396 e. The van der Waals surface area contributed by atoms with Gasteiger partial charge in [-0.05, 0) is 37.8 Å². The van der Waals surface area contributed by atoms with Crippen LogP contribution >= 0.6 is 39.3 Å². The number of likely N-dealkylation sites (tertiary alicyclic amines) is 1. The molecule has 3 aliphatic heterocycles. The van der Waals surface area contributed by atoms with Gasteiger partial charge >= 0.3 is 0 Å². The quantitative estimate of drug-likeness (QED) is 0.271. The Morgan fingerprint density at radius 1 is 1.23 bits per heavy atom. The van der Waals surface area contributed by atoms with Gasteiger partial charge < -0.3 is 20.6 Å². The van der Waals surface area contributed by atoms with Crippen LogP contribution in [0.3, 0.4) is 0 Å². The molecule has 1 aromatic rings. The van der Waals surface area contributed by atoms with E-state index in [0.717, 1.165) is 32.1 Å². The minimum absolute atomic E-state index is 0.0500.